The predicted molar refractivity (Wildman–Crippen MR) is 104 cm³/mol. The van der Waals surface area contributed by atoms with Gasteiger partial charge in [-0.15, -0.1) is 0 Å². The van der Waals surface area contributed by atoms with E-state index in [1.54, 1.807) is 12.1 Å². The number of benzene rings is 2. The van der Waals surface area contributed by atoms with Crippen molar-refractivity contribution >= 4 is 18.5 Å². The van der Waals surface area contributed by atoms with Gasteiger partial charge in [0.2, 0.25) is 0 Å². The second-order valence-corrected chi connectivity index (χ2v) is 7.58. The van der Waals surface area contributed by atoms with Gasteiger partial charge in [-0.2, -0.15) is 0 Å². The summed E-state index contributed by atoms with van der Waals surface area (Å²) >= 11 is 0. The number of ether oxygens (including phenoxy) is 1. The number of rotatable bonds is 5. The third-order valence-electron chi connectivity index (χ3n) is 5.92. The third kappa shape index (κ3) is 2.89. The molecular weight excluding hydrogens is 359 g/mol. The Hall–Kier alpha value is -2.39. The lowest BCUT2D eigenvalue weighted by Gasteiger charge is -2.37. The minimum absolute atomic E-state index is 0.120. The molecule has 0 aliphatic carbocycles. The van der Waals surface area contributed by atoms with Crippen LogP contribution in [0.1, 0.15) is 10.4 Å². The number of nitrogens with zero attached hydrogens (tertiary/aromatic N) is 1. The number of para-hydroxylation sites is 2. The number of amides is 1. The first-order valence-electron chi connectivity index (χ1n) is 9.73. The summed E-state index contributed by atoms with van der Waals surface area (Å²) < 4.78 is 24.7. The highest BCUT2D eigenvalue weighted by Gasteiger charge is 2.66. The molecule has 0 spiro atoms. The molecule has 28 heavy (non-hydrogen) atoms. The van der Waals surface area contributed by atoms with Crippen molar-refractivity contribution in [3.63, 3.8) is 0 Å². The number of hydrogen-bond acceptors (Lipinski definition) is 5. The zero-order valence-electron chi connectivity index (χ0n) is 15.6. The van der Waals surface area contributed by atoms with Gasteiger partial charge in [-0.1, -0.05) is 30.3 Å². The van der Waals surface area contributed by atoms with Crippen LogP contribution in [0.2, 0.25) is 0 Å². The van der Waals surface area contributed by atoms with Gasteiger partial charge in [0.15, 0.2) is 0 Å². The Balaban J connectivity index is 1.26. The topological polar surface area (TPSA) is 66.0 Å². The third-order valence-corrected chi connectivity index (χ3v) is 5.92. The Morgan fingerprint density at radius 3 is 2.54 bits per heavy atom. The largest absolute Gasteiger partial charge is 0.625 e. The minimum Gasteiger partial charge on any atom is -0.490 e. The molecule has 7 nitrogen and oxygen atoms in total. The lowest BCUT2D eigenvalue weighted by molar-refractivity contribution is -0.816. The molecule has 3 aliphatic heterocycles. The number of carbonyl (C=O) groups is 1. The zero-order chi connectivity index (χ0) is 19.0. The minimum atomic E-state index is -1.69. The predicted octanol–water partition coefficient (Wildman–Crippen LogP) is 2.03. The number of quaternary nitrogens is 1. The van der Waals surface area contributed by atoms with E-state index in [2.05, 4.69) is 5.32 Å². The van der Waals surface area contributed by atoms with Crippen LogP contribution < -0.4 is 10.1 Å². The Kier molecular flexibility index (Phi) is 4.36. The molecule has 2 aromatic carbocycles. The summed E-state index contributed by atoms with van der Waals surface area (Å²) in [6.07, 6.45) is -0.120. The van der Waals surface area contributed by atoms with E-state index in [-0.39, 0.29) is 12.0 Å². The maximum atomic E-state index is 12.7. The van der Waals surface area contributed by atoms with Crippen molar-refractivity contribution < 1.29 is 27.9 Å². The summed E-state index contributed by atoms with van der Waals surface area (Å²) in [5.74, 6) is 0.338. The van der Waals surface area contributed by atoms with E-state index in [0.717, 1.165) is 29.7 Å². The van der Waals surface area contributed by atoms with Crippen LogP contribution >= 0.6 is 0 Å². The van der Waals surface area contributed by atoms with Crippen LogP contribution in [0.3, 0.4) is 0 Å². The van der Waals surface area contributed by atoms with Crippen LogP contribution in [0, 0.1) is 0 Å². The summed E-state index contributed by atoms with van der Waals surface area (Å²) in [6.45, 7) is 2.68. The lowest BCUT2D eigenvalue weighted by Crippen LogP contribution is -2.59. The normalized spacial score (nSPS) is 30.6. The van der Waals surface area contributed by atoms with E-state index in [1.807, 2.05) is 42.5 Å². The van der Waals surface area contributed by atoms with Crippen molar-refractivity contribution in [2.24, 2.45) is 0 Å². The van der Waals surface area contributed by atoms with Crippen molar-refractivity contribution in [2.75, 3.05) is 44.8 Å². The van der Waals surface area contributed by atoms with Gasteiger partial charge in [0.25, 0.3) is 5.91 Å². The second-order valence-electron chi connectivity index (χ2n) is 7.58. The van der Waals surface area contributed by atoms with Gasteiger partial charge in [-0.25, -0.2) is 0 Å². The van der Waals surface area contributed by atoms with Crippen LogP contribution in [-0.4, -0.2) is 62.7 Å². The quantitative estimate of drug-likeness (QED) is 0.802. The molecule has 1 atom stereocenters. The summed E-state index contributed by atoms with van der Waals surface area (Å²) in [6, 6.07) is 16.6. The van der Waals surface area contributed by atoms with E-state index in [9.17, 15) is 4.79 Å². The fraction of sp³-hybridized carbons (Fsp3) is 0.350. The molecular formula is C20H23BN2O5. The molecule has 8 heteroatoms. The standard InChI is InChI=1S/C20H23BN2O5/c24-20(22-16-6-2-1-3-7-16)18-8-4-5-9-19(18)25-15-17-14-23-10-12-26-21(23,28-17)27-13-11-23/h1-9,17H,10-15H2,(H,22,24)/t17-,21?,23?/m1/s1. The monoisotopic (exact) mass is 382 g/mol. The first kappa shape index (κ1) is 17.7. The highest BCUT2D eigenvalue weighted by atomic mass is 16.8. The molecule has 3 heterocycles. The number of hydrogen-bond donors (Lipinski definition) is 1. The van der Waals surface area contributed by atoms with Gasteiger partial charge in [0.1, 0.15) is 18.5 Å². The van der Waals surface area contributed by atoms with Crippen molar-refractivity contribution in [1.82, 2.24) is 0 Å². The van der Waals surface area contributed by atoms with Gasteiger partial charge in [0.05, 0.1) is 38.4 Å². The molecule has 3 fully saturated rings. The fourth-order valence-corrected chi connectivity index (χ4v) is 4.55. The molecule has 2 aromatic rings. The summed E-state index contributed by atoms with van der Waals surface area (Å²) in [4.78, 5) is 12.7. The van der Waals surface area contributed by atoms with E-state index < -0.39 is 6.89 Å². The summed E-state index contributed by atoms with van der Waals surface area (Å²) in [5.41, 5.74) is 1.24. The fourth-order valence-electron chi connectivity index (χ4n) is 4.55. The first-order chi connectivity index (χ1) is 13.7. The number of nitrogens with one attached hydrogen (secondary N) is 1. The van der Waals surface area contributed by atoms with Crippen LogP contribution in [-0.2, 0) is 14.0 Å². The lowest BCUT2D eigenvalue weighted by atomic mass is 9.94. The van der Waals surface area contributed by atoms with Crippen molar-refractivity contribution in [3.8, 4) is 5.75 Å². The highest BCUT2D eigenvalue weighted by molar-refractivity contribution is 6.54. The zero-order valence-corrected chi connectivity index (χ0v) is 15.6. The highest BCUT2D eigenvalue weighted by Crippen LogP contribution is 2.41. The van der Waals surface area contributed by atoms with Crippen LogP contribution in [0.15, 0.2) is 54.6 Å². The molecule has 0 aromatic heterocycles. The van der Waals surface area contributed by atoms with E-state index in [0.29, 0.717) is 31.1 Å². The van der Waals surface area contributed by atoms with Gasteiger partial charge < -0.3 is 28.4 Å². The van der Waals surface area contributed by atoms with Crippen molar-refractivity contribution in [3.05, 3.63) is 60.2 Å². The molecule has 1 amide bonds. The molecule has 146 valence electrons. The Labute approximate surface area is 163 Å². The first-order valence-corrected chi connectivity index (χ1v) is 9.73. The van der Waals surface area contributed by atoms with E-state index in [1.165, 1.54) is 0 Å². The van der Waals surface area contributed by atoms with Crippen LogP contribution in [0.4, 0.5) is 5.69 Å². The SMILES string of the molecule is O=C(Nc1ccccc1)c1ccccc1OC[C@H]1C[N+]23CCO[B-]2(OCC3)O1. The molecule has 5 rings (SSSR count). The molecule has 3 saturated heterocycles. The van der Waals surface area contributed by atoms with Gasteiger partial charge in [-0.3, -0.25) is 4.79 Å². The van der Waals surface area contributed by atoms with Gasteiger partial charge >= 0.3 is 6.89 Å². The van der Waals surface area contributed by atoms with Crippen LogP contribution in [0.25, 0.3) is 0 Å². The molecule has 1 N–H and O–H groups in total. The smallest absolute Gasteiger partial charge is 0.490 e. The van der Waals surface area contributed by atoms with E-state index >= 15 is 0 Å². The Morgan fingerprint density at radius 1 is 1.07 bits per heavy atom. The van der Waals surface area contributed by atoms with Gasteiger partial charge in [-0.05, 0) is 24.3 Å². The summed E-state index contributed by atoms with van der Waals surface area (Å²) in [7, 11) is 0. The molecule has 0 saturated carbocycles. The Bertz CT molecular complexity index is 848. The average molecular weight is 382 g/mol. The van der Waals surface area contributed by atoms with E-state index in [4.69, 9.17) is 18.7 Å². The number of carbonyl (C=O) groups excluding carboxylic acids is 1. The Morgan fingerprint density at radius 2 is 1.79 bits per heavy atom. The summed E-state index contributed by atoms with van der Waals surface area (Å²) in [5, 5.41) is 2.90. The molecule has 3 aliphatic rings. The second kappa shape index (κ2) is 6.90. The van der Waals surface area contributed by atoms with Crippen LogP contribution in [0.5, 0.6) is 5.75 Å². The molecule has 0 unspecified atom stereocenters. The van der Waals surface area contributed by atoms with Gasteiger partial charge in [0, 0.05) is 5.69 Å². The maximum absolute atomic E-state index is 12.7. The molecule has 0 radical (unpaired) electrons. The van der Waals surface area contributed by atoms with Crippen molar-refractivity contribution in [1.29, 1.82) is 0 Å². The number of anilines is 1. The van der Waals surface area contributed by atoms with Crippen molar-refractivity contribution in [2.45, 2.75) is 6.10 Å². The maximum Gasteiger partial charge on any atom is 0.625 e. The molecule has 0 bridgehead atoms. The average Bonchev–Trinajstić information content (AvgIpc) is 3.29.